The summed E-state index contributed by atoms with van der Waals surface area (Å²) in [5.41, 5.74) is 6.50. The average molecular weight is 529 g/mol. The van der Waals surface area contributed by atoms with Crippen molar-refractivity contribution in [3.63, 3.8) is 0 Å². The summed E-state index contributed by atoms with van der Waals surface area (Å²) in [6, 6.07) is 31.1. The number of rotatable bonds is 8. The minimum Gasteiger partial charge on any atom is -0.457 e. The van der Waals surface area contributed by atoms with Gasteiger partial charge in [0, 0.05) is 37.3 Å². The fourth-order valence-electron chi connectivity index (χ4n) is 6.13. The number of hydrogen-bond acceptors (Lipinski definition) is 6. The molecule has 0 bridgehead atoms. The summed E-state index contributed by atoms with van der Waals surface area (Å²) in [5, 5.41) is 13.9. The monoisotopic (exact) mass is 528 g/mol. The maximum absolute atomic E-state index is 9.42. The van der Waals surface area contributed by atoms with Gasteiger partial charge in [-0.1, -0.05) is 48.5 Å². The molecule has 2 fully saturated rings. The lowest BCUT2D eigenvalue weighted by molar-refractivity contribution is 0.217. The van der Waals surface area contributed by atoms with Crippen LogP contribution in [0.4, 0.5) is 11.5 Å². The summed E-state index contributed by atoms with van der Waals surface area (Å²) in [6.45, 7) is 5.59. The molecule has 0 spiro atoms. The molecule has 40 heavy (non-hydrogen) atoms. The summed E-state index contributed by atoms with van der Waals surface area (Å²) in [4.78, 5) is 11.6. The van der Waals surface area contributed by atoms with E-state index in [2.05, 4.69) is 68.7 Å². The molecule has 5 aromatic rings. The number of piperidine rings is 1. The molecule has 6 heteroatoms. The number of likely N-dealkylation sites (tertiary alicyclic amines) is 1. The predicted octanol–water partition coefficient (Wildman–Crippen LogP) is 6.81. The van der Waals surface area contributed by atoms with E-state index in [9.17, 15) is 5.11 Å². The molecular weight excluding hydrogens is 496 g/mol. The van der Waals surface area contributed by atoms with Crippen molar-refractivity contribution >= 4 is 22.4 Å². The predicted molar refractivity (Wildman–Crippen MR) is 159 cm³/mol. The van der Waals surface area contributed by atoms with E-state index in [1.165, 1.54) is 11.1 Å². The number of anilines is 2. The molecular formula is C34H32N4O2. The zero-order valence-corrected chi connectivity index (χ0v) is 22.5. The zero-order chi connectivity index (χ0) is 27.1. The highest BCUT2D eigenvalue weighted by atomic mass is 16.5. The second-order valence-electron chi connectivity index (χ2n) is 11.0. The van der Waals surface area contributed by atoms with E-state index in [0.717, 1.165) is 64.7 Å². The van der Waals surface area contributed by atoms with Gasteiger partial charge in [-0.05, 0) is 89.4 Å². The first-order chi connectivity index (χ1) is 19.6. The number of aliphatic hydroxyl groups is 1. The van der Waals surface area contributed by atoms with Gasteiger partial charge < -0.3 is 15.2 Å². The summed E-state index contributed by atoms with van der Waals surface area (Å²) >= 11 is 0. The molecule has 4 aromatic carbocycles. The van der Waals surface area contributed by atoms with Gasteiger partial charge in [0.15, 0.2) is 0 Å². The molecule has 200 valence electrons. The molecule has 1 aromatic heterocycles. The topological polar surface area (TPSA) is 70.5 Å². The minimum atomic E-state index is 0.349. The van der Waals surface area contributed by atoms with Crippen molar-refractivity contribution < 1.29 is 9.84 Å². The van der Waals surface area contributed by atoms with E-state index in [1.54, 1.807) is 6.33 Å². The first-order valence-corrected chi connectivity index (χ1v) is 13.9. The van der Waals surface area contributed by atoms with E-state index >= 15 is 0 Å². The molecule has 0 amide bonds. The molecule has 0 unspecified atom stereocenters. The number of para-hydroxylation sites is 1. The van der Waals surface area contributed by atoms with Crippen molar-refractivity contribution in [1.82, 2.24) is 14.9 Å². The van der Waals surface area contributed by atoms with E-state index in [4.69, 9.17) is 4.74 Å². The van der Waals surface area contributed by atoms with Gasteiger partial charge in [-0.2, -0.15) is 0 Å². The fourth-order valence-corrected chi connectivity index (χ4v) is 6.13. The summed E-state index contributed by atoms with van der Waals surface area (Å²) in [5.74, 6) is 4.37. The Hall–Kier alpha value is -4.26. The first-order valence-electron chi connectivity index (χ1n) is 13.9. The van der Waals surface area contributed by atoms with Crippen LogP contribution in [0.15, 0.2) is 97.3 Å². The van der Waals surface area contributed by atoms with Crippen molar-refractivity contribution in [3.8, 4) is 22.6 Å². The SMILES string of the molecule is Cc1cc(Nc2ncnc3ccc(-c4ccc(CN5C[C@@H]6[C@@H](CO)[C@@H]6C5)cc4)cc23)ccc1Oc1ccccc1. The normalized spacial score (nSPS) is 19.9. The van der Waals surface area contributed by atoms with Crippen LogP contribution in [0.3, 0.4) is 0 Å². The fraction of sp³-hybridized carbons (Fsp3) is 0.235. The van der Waals surface area contributed by atoms with Crippen LogP contribution in [0.2, 0.25) is 0 Å². The number of nitrogens with zero attached hydrogens (tertiary/aromatic N) is 3. The number of nitrogens with one attached hydrogen (secondary N) is 1. The van der Waals surface area contributed by atoms with E-state index in [1.807, 2.05) is 49.4 Å². The standard InChI is InChI=1S/C34H32N4O2/c1-22-15-26(12-14-33(22)40-27-5-3-2-4-6-27)37-34-28-16-25(11-13-32(28)35-21-36-34)24-9-7-23(8-10-24)17-38-18-29-30(19-38)31(29)20-39/h2-16,21,29-31,39H,17-20H2,1H3,(H,35,36,37)/t29-,30+,31+. The van der Waals surface area contributed by atoms with Gasteiger partial charge in [0.1, 0.15) is 23.6 Å². The van der Waals surface area contributed by atoms with Crippen LogP contribution in [-0.4, -0.2) is 39.7 Å². The molecule has 1 saturated carbocycles. The van der Waals surface area contributed by atoms with E-state index < -0.39 is 0 Å². The van der Waals surface area contributed by atoms with Crippen molar-refractivity contribution in [3.05, 3.63) is 108 Å². The highest BCUT2D eigenvalue weighted by Gasteiger charge is 2.54. The van der Waals surface area contributed by atoms with Crippen LogP contribution < -0.4 is 10.1 Å². The van der Waals surface area contributed by atoms with Crippen LogP contribution in [-0.2, 0) is 6.54 Å². The Bertz CT molecular complexity index is 1640. The van der Waals surface area contributed by atoms with Crippen molar-refractivity contribution in [2.75, 3.05) is 25.0 Å². The Morgan fingerprint density at radius 3 is 2.40 bits per heavy atom. The first kappa shape index (κ1) is 24.8. The Kier molecular flexibility index (Phi) is 6.42. The Morgan fingerprint density at radius 1 is 0.875 bits per heavy atom. The van der Waals surface area contributed by atoms with E-state index in [-0.39, 0.29) is 0 Å². The quantitative estimate of drug-likeness (QED) is 0.231. The summed E-state index contributed by atoms with van der Waals surface area (Å²) in [6.07, 6.45) is 1.60. The third-order valence-corrected chi connectivity index (χ3v) is 8.40. The molecule has 1 aliphatic carbocycles. The molecule has 2 aliphatic rings. The summed E-state index contributed by atoms with van der Waals surface area (Å²) in [7, 11) is 0. The smallest absolute Gasteiger partial charge is 0.141 e. The van der Waals surface area contributed by atoms with Gasteiger partial charge in [0.2, 0.25) is 0 Å². The van der Waals surface area contributed by atoms with Gasteiger partial charge in [0.25, 0.3) is 0 Å². The molecule has 6 nitrogen and oxygen atoms in total. The number of fused-ring (bicyclic) bond motifs is 2. The largest absolute Gasteiger partial charge is 0.457 e. The number of aliphatic hydroxyl groups excluding tert-OH is 1. The lowest BCUT2D eigenvalue weighted by Gasteiger charge is -2.19. The minimum absolute atomic E-state index is 0.349. The molecule has 2 heterocycles. The van der Waals surface area contributed by atoms with Gasteiger partial charge in [0.05, 0.1) is 5.52 Å². The summed E-state index contributed by atoms with van der Waals surface area (Å²) < 4.78 is 6.04. The van der Waals surface area contributed by atoms with Crippen LogP contribution in [0.1, 0.15) is 11.1 Å². The molecule has 0 radical (unpaired) electrons. The van der Waals surface area contributed by atoms with Crippen molar-refractivity contribution in [2.24, 2.45) is 17.8 Å². The van der Waals surface area contributed by atoms with Crippen molar-refractivity contribution in [2.45, 2.75) is 13.5 Å². The van der Waals surface area contributed by atoms with Crippen LogP contribution in [0.25, 0.3) is 22.0 Å². The van der Waals surface area contributed by atoms with Crippen LogP contribution in [0.5, 0.6) is 11.5 Å². The number of hydrogen-bond donors (Lipinski definition) is 2. The van der Waals surface area contributed by atoms with E-state index in [0.29, 0.717) is 24.4 Å². The lowest BCUT2D eigenvalue weighted by atomic mass is 10.0. The second-order valence-corrected chi connectivity index (χ2v) is 11.0. The average Bonchev–Trinajstić information content (AvgIpc) is 3.47. The number of ether oxygens (including phenoxy) is 1. The van der Waals surface area contributed by atoms with Gasteiger partial charge in [-0.15, -0.1) is 0 Å². The molecule has 2 N–H and O–H groups in total. The van der Waals surface area contributed by atoms with Crippen molar-refractivity contribution in [1.29, 1.82) is 0 Å². The zero-order valence-electron chi connectivity index (χ0n) is 22.5. The van der Waals surface area contributed by atoms with Gasteiger partial charge in [-0.3, -0.25) is 4.90 Å². The molecule has 3 atom stereocenters. The van der Waals surface area contributed by atoms with Crippen LogP contribution >= 0.6 is 0 Å². The van der Waals surface area contributed by atoms with Gasteiger partial charge >= 0.3 is 0 Å². The van der Waals surface area contributed by atoms with Crippen LogP contribution in [0, 0.1) is 24.7 Å². The molecule has 1 saturated heterocycles. The Labute approximate surface area is 234 Å². The molecule has 1 aliphatic heterocycles. The molecule has 7 rings (SSSR count). The highest BCUT2D eigenvalue weighted by molar-refractivity contribution is 5.93. The second kappa shape index (κ2) is 10.4. The lowest BCUT2D eigenvalue weighted by Crippen LogP contribution is -2.24. The highest BCUT2D eigenvalue weighted by Crippen LogP contribution is 2.51. The maximum Gasteiger partial charge on any atom is 0.141 e. The maximum atomic E-state index is 9.42. The third-order valence-electron chi connectivity index (χ3n) is 8.40. The number of aromatic nitrogens is 2. The third kappa shape index (κ3) is 4.92. The number of benzene rings is 4. The Morgan fingerprint density at radius 2 is 1.65 bits per heavy atom. The van der Waals surface area contributed by atoms with Gasteiger partial charge in [-0.25, -0.2) is 9.97 Å². The number of aryl methyl sites for hydroxylation is 1. The Balaban J connectivity index is 1.08.